The van der Waals surface area contributed by atoms with Crippen molar-refractivity contribution in [3.8, 4) is 0 Å². The normalized spacial score (nSPS) is 13.6. The van der Waals surface area contributed by atoms with E-state index in [2.05, 4.69) is 64.0 Å². The van der Waals surface area contributed by atoms with Gasteiger partial charge in [0.25, 0.3) is 0 Å². The summed E-state index contributed by atoms with van der Waals surface area (Å²) in [5.74, 6) is 0.624. The SMILES string of the molecule is CC(C)c1ccc(C(C)N(C)C)cc1. The first-order valence-electron chi connectivity index (χ1n) is 5.28. The van der Waals surface area contributed by atoms with Gasteiger partial charge in [-0.2, -0.15) is 0 Å². The van der Waals surface area contributed by atoms with E-state index in [4.69, 9.17) is 0 Å². The van der Waals surface area contributed by atoms with Crippen LogP contribution in [0.2, 0.25) is 0 Å². The van der Waals surface area contributed by atoms with Crippen molar-refractivity contribution < 1.29 is 0 Å². The predicted octanol–water partition coefficient (Wildman–Crippen LogP) is 3.43. The lowest BCUT2D eigenvalue weighted by molar-refractivity contribution is 0.321. The van der Waals surface area contributed by atoms with Crippen molar-refractivity contribution in [1.29, 1.82) is 0 Å². The average Bonchev–Trinajstić information content (AvgIpc) is 2.16. The van der Waals surface area contributed by atoms with E-state index >= 15 is 0 Å². The summed E-state index contributed by atoms with van der Waals surface area (Å²) < 4.78 is 0. The van der Waals surface area contributed by atoms with E-state index in [-0.39, 0.29) is 0 Å². The van der Waals surface area contributed by atoms with E-state index in [0.717, 1.165) is 0 Å². The molecule has 0 aliphatic rings. The van der Waals surface area contributed by atoms with Crippen molar-refractivity contribution in [2.75, 3.05) is 14.1 Å². The second kappa shape index (κ2) is 4.61. The lowest BCUT2D eigenvalue weighted by Crippen LogP contribution is -2.16. The zero-order valence-electron chi connectivity index (χ0n) is 9.91. The highest BCUT2D eigenvalue weighted by molar-refractivity contribution is 5.26. The smallest absolute Gasteiger partial charge is 0.0313 e. The van der Waals surface area contributed by atoms with Crippen molar-refractivity contribution >= 4 is 0 Å². The molecular formula is C13H21N. The summed E-state index contributed by atoms with van der Waals surface area (Å²) in [5, 5.41) is 0. The van der Waals surface area contributed by atoms with Gasteiger partial charge < -0.3 is 4.90 Å². The Morgan fingerprint density at radius 2 is 1.29 bits per heavy atom. The molecule has 0 spiro atoms. The molecule has 0 aliphatic heterocycles. The molecule has 1 unspecified atom stereocenters. The molecule has 1 aromatic carbocycles. The number of nitrogens with zero attached hydrogens (tertiary/aromatic N) is 1. The van der Waals surface area contributed by atoms with Crippen molar-refractivity contribution in [2.24, 2.45) is 0 Å². The highest BCUT2D eigenvalue weighted by atomic mass is 15.1. The van der Waals surface area contributed by atoms with Gasteiger partial charge in [0.1, 0.15) is 0 Å². The summed E-state index contributed by atoms with van der Waals surface area (Å²) >= 11 is 0. The monoisotopic (exact) mass is 191 g/mol. The third kappa shape index (κ3) is 2.58. The molecular weight excluding hydrogens is 170 g/mol. The molecule has 1 rings (SSSR count). The van der Waals surface area contributed by atoms with Gasteiger partial charge in [-0.05, 0) is 38.1 Å². The van der Waals surface area contributed by atoms with E-state index < -0.39 is 0 Å². The average molecular weight is 191 g/mol. The fourth-order valence-corrected chi connectivity index (χ4v) is 1.46. The topological polar surface area (TPSA) is 3.24 Å². The van der Waals surface area contributed by atoms with Gasteiger partial charge >= 0.3 is 0 Å². The third-order valence-corrected chi connectivity index (χ3v) is 2.86. The standard InChI is InChI=1S/C13H21N/c1-10(2)12-6-8-13(9-7-12)11(3)14(4)5/h6-11H,1-5H3. The molecule has 0 heterocycles. The Balaban J connectivity index is 2.83. The van der Waals surface area contributed by atoms with Crippen LogP contribution in [0.1, 0.15) is 43.9 Å². The molecule has 78 valence electrons. The van der Waals surface area contributed by atoms with Crippen molar-refractivity contribution in [3.05, 3.63) is 35.4 Å². The first kappa shape index (κ1) is 11.3. The first-order chi connectivity index (χ1) is 6.52. The Morgan fingerprint density at radius 3 is 1.64 bits per heavy atom. The summed E-state index contributed by atoms with van der Waals surface area (Å²) in [4.78, 5) is 2.23. The summed E-state index contributed by atoms with van der Waals surface area (Å²) in [6.07, 6.45) is 0. The Morgan fingerprint density at radius 1 is 0.857 bits per heavy atom. The lowest BCUT2D eigenvalue weighted by atomic mass is 9.99. The first-order valence-corrected chi connectivity index (χ1v) is 5.28. The fourth-order valence-electron chi connectivity index (χ4n) is 1.46. The minimum atomic E-state index is 0.496. The summed E-state index contributed by atoms with van der Waals surface area (Å²) in [6, 6.07) is 9.44. The zero-order valence-corrected chi connectivity index (χ0v) is 9.91. The van der Waals surface area contributed by atoms with Gasteiger partial charge in [-0.15, -0.1) is 0 Å². The van der Waals surface area contributed by atoms with Gasteiger partial charge in [-0.25, -0.2) is 0 Å². The number of benzene rings is 1. The number of hydrogen-bond acceptors (Lipinski definition) is 1. The van der Waals surface area contributed by atoms with Crippen LogP contribution in [0.15, 0.2) is 24.3 Å². The fraction of sp³-hybridized carbons (Fsp3) is 0.538. The van der Waals surface area contributed by atoms with Crippen LogP contribution in [0, 0.1) is 0 Å². The number of hydrogen-bond donors (Lipinski definition) is 0. The molecule has 0 saturated carbocycles. The highest BCUT2D eigenvalue weighted by Crippen LogP contribution is 2.20. The molecule has 1 nitrogen and oxygen atoms in total. The minimum Gasteiger partial charge on any atom is -0.303 e. The minimum absolute atomic E-state index is 0.496. The maximum absolute atomic E-state index is 2.24. The van der Waals surface area contributed by atoms with E-state index in [1.165, 1.54) is 11.1 Å². The van der Waals surface area contributed by atoms with Crippen LogP contribution in [-0.2, 0) is 0 Å². The number of rotatable bonds is 3. The largest absolute Gasteiger partial charge is 0.303 e. The van der Waals surface area contributed by atoms with Crippen LogP contribution in [-0.4, -0.2) is 19.0 Å². The van der Waals surface area contributed by atoms with E-state index in [0.29, 0.717) is 12.0 Å². The Kier molecular flexibility index (Phi) is 3.70. The Bertz CT molecular complexity index is 272. The van der Waals surface area contributed by atoms with Crippen LogP contribution in [0.25, 0.3) is 0 Å². The van der Waals surface area contributed by atoms with Gasteiger partial charge in [-0.1, -0.05) is 38.1 Å². The van der Waals surface area contributed by atoms with Crippen LogP contribution in [0.5, 0.6) is 0 Å². The molecule has 1 heteroatoms. The summed E-state index contributed by atoms with van der Waals surface area (Å²) in [6.45, 7) is 6.68. The molecule has 0 aliphatic carbocycles. The van der Waals surface area contributed by atoms with Gasteiger partial charge in [0.15, 0.2) is 0 Å². The summed E-state index contributed by atoms with van der Waals surface area (Å²) in [7, 11) is 4.22. The maximum atomic E-state index is 2.24. The van der Waals surface area contributed by atoms with Crippen molar-refractivity contribution in [2.45, 2.75) is 32.7 Å². The van der Waals surface area contributed by atoms with Crippen molar-refractivity contribution in [3.63, 3.8) is 0 Å². The second-order valence-corrected chi connectivity index (χ2v) is 4.46. The molecule has 0 N–H and O–H groups in total. The molecule has 0 aromatic heterocycles. The maximum Gasteiger partial charge on any atom is 0.0313 e. The van der Waals surface area contributed by atoms with Gasteiger partial charge in [-0.3, -0.25) is 0 Å². The molecule has 1 atom stereocenters. The molecule has 14 heavy (non-hydrogen) atoms. The van der Waals surface area contributed by atoms with Crippen molar-refractivity contribution in [1.82, 2.24) is 4.90 Å². The van der Waals surface area contributed by atoms with Gasteiger partial charge in [0.05, 0.1) is 0 Å². The summed E-state index contributed by atoms with van der Waals surface area (Å²) in [5.41, 5.74) is 2.80. The predicted molar refractivity (Wildman–Crippen MR) is 62.6 cm³/mol. The quantitative estimate of drug-likeness (QED) is 0.707. The molecule has 0 fully saturated rings. The van der Waals surface area contributed by atoms with E-state index in [9.17, 15) is 0 Å². The van der Waals surface area contributed by atoms with Crippen LogP contribution >= 0.6 is 0 Å². The zero-order chi connectivity index (χ0) is 10.7. The lowest BCUT2D eigenvalue weighted by Gasteiger charge is -2.20. The van der Waals surface area contributed by atoms with E-state index in [1.54, 1.807) is 0 Å². The van der Waals surface area contributed by atoms with Crippen LogP contribution < -0.4 is 0 Å². The van der Waals surface area contributed by atoms with Gasteiger partial charge in [0.2, 0.25) is 0 Å². The molecule has 0 saturated heterocycles. The van der Waals surface area contributed by atoms with Crippen LogP contribution in [0.4, 0.5) is 0 Å². The molecule has 0 radical (unpaired) electrons. The second-order valence-electron chi connectivity index (χ2n) is 4.46. The Hall–Kier alpha value is -0.820. The Labute approximate surface area is 87.7 Å². The van der Waals surface area contributed by atoms with Gasteiger partial charge in [0, 0.05) is 6.04 Å². The van der Waals surface area contributed by atoms with Crippen LogP contribution in [0.3, 0.4) is 0 Å². The molecule has 0 bridgehead atoms. The highest BCUT2D eigenvalue weighted by Gasteiger charge is 2.07. The van der Waals surface area contributed by atoms with E-state index in [1.807, 2.05) is 0 Å². The molecule has 0 amide bonds. The third-order valence-electron chi connectivity index (χ3n) is 2.86. The molecule has 1 aromatic rings.